The summed E-state index contributed by atoms with van der Waals surface area (Å²) >= 11 is 0. The smallest absolute Gasteiger partial charge is 0.227 e. The molecule has 1 aromatic carbocycles. The molecule has 3 nitrogen and oxygen atoms in total. The number of hydrogen-bond donors (Lipinski definition) is 2. The Kier molecular flexibility index (Phi) is 3.70. The predicted molar refractivity (Wildman–Crippen MR) is 75.7 cm³/mol. The molecule has 3 heteroatoms. The van der Waals surface area contributed by atoms with Gasteiger partial charge in [-0.1, -0.05) is 13.8 Å². The molecule has 0 aliphatic rings. The fourth-order valence-electron chi connectivity index (χ4n) is 2.26. The average Bonchev–Trinajstić information content (AvgIpc) is 2.70. The molecule has 96 valence electrons. The first kappa shape index (κ1) is 12.7. The number of aryl methyl sites for hydroxylation is 1. The minimum absolute atomic E-state index is 0.105. The highest BCUT2D eigenvalue weighted by Gasteiger charge is 2.14. The second-order valence-electron chi connectivity index (χ2n) is 4.76. The third-order valence-electron chi connectivity index (χ3n) is 3.38. The number of H-pyrrole nitrogens is 1. The van der Waals surface area contributed by atoms with Crippen molar-refractivity contribution in [2.45, 2.75) is 33.6 Å². The number of aromatic nitrogens is 1. The molecule has 0 bridgehead atoms. The van der Waals surface area contributed by atoms with E-state index in [0.717, 1.165) is 35.1 Å². The molecule has 1 aromatic heterocycles. The highest BCUT2D eigenvalue weighted by Crippen LogP contribution is 2.21. The summed E-state index contributed by atoms with van der Waals surface area (Å²) in [5.41, 5.74) is 3.11. The molecule has 0 spiro atoms. The molecule has 0 atom stereocenters. The zero-order valence-electron chi connectivity index (χ0n) is 11.2. The summed E-state index contributed by atoms with van der Waals surface area (Å²) < 4.78 is 0. The van der Waals surface area contributed by atoms with Crippen LogP contribution < -0.4 is 5.32 Å². The van der Waals surface area contributed by atoms with Gasteiger partial charge in [-0.3, -0.25) is 4.79 Å². The van der Waals surface area contributed by atoms with Gasteiger partial charge in [-0.25, -0.2) is 0 Å². The lowest BCUT2D eigenvalue weighted by Gasteiger charge is -2.12. The number of aromatic amines is 1. The van der Waals surface area contributed by atoms with E-state index in [1.165, 1.54) is 0 Å². The SMILES string of the molecule is CCC(CC)C(=O)Nc1ccc2[nH]c(C)cc2c1. The Morgan fingerprint density at radius 1 is 1.28 bits per heavy atom. The number of amides is 1. The molecule has 0 radical (unpaired) electrons. The van der Waals surface area contributed by atoms with Crippen LogP contribution in [0.3, 0.4) is 0 Å². The maximum Gasteiger partial charge on any atom is 0.227 e. The first-order chi connectivity index (χ1) is 8.63. The lowest BCUT2D eigenvalue weighted by atomic mass is 10.0. The molecule has 0 aliphatic carbocycles. The average molecular weight is 244 g/mol. The Morgan fingerprint density at radius 3 is 2.67 bits per heavy atom. The summed E-state index contributed by atoms with van der Waals surface area (Å²) in [6.45, 7) is 6.13. The van der Waals surface area contributed by atoms with E-state index in [1.54, 1.807) is 0 Å². The minimum Gasteiger partial charge on any atom is -0.359 e. The number of rotatable bonds is 4. The Balaban J connectivity index is 2.18. The summed E-state index contributed by atoms with van der Waals surface area (Å²) in [5, 5.41) is 4.13. The predicted octanol–water partition coefficient (Wildman–Crippen LogP) is 3.85. The molecule has 0 saturated carbocycles. The molecule has 0 saturated heterocycles. The normalized spacial score (nSPS) is 11.1. The van der Waals surface area contributed by atoms with Gasteiger partial charge in [0.1, 0.15) is 0 Å². The molecular weight excluding hydrogens is 224 g/mol. The zero-order chi connectivity index (χ0) is 13.1. The molecule has 2 aromatic rings. The fraction of sp³-hybridized carbons (Fsp3) is 0.400. The molecule has 1 heterocycles. The van der Waals surface area contributed by atoms with Crippen LogP contribution in [0.25, 0.3) is 10.9 Å². The standard InChI is InChI=1S/C15H20N2O/c1-4-11(5-2)15(18)17-13-6-7-14-12(9-13)8-10(3)16-14/h6-9,11,16H,4-5H2,1-3H3,(H,17,18). The Labute approximate surface area is 108 Å². The molecule has 2 rings (SSSR count). The molecule has 2 N–H and O–H groups in total. The number of nitrogens with one attached hydrogen (secondary N) is 2. The number of fused-ring (bicyclic) bond motifs is 1. The summed E-state index contributed by atoms with van der Waals surface area (Å²) in [4.78, 5) is 15.3. The molecule has 18 heavy (non-hydrogen) atoms. The number of benzene rings is 1. The van der Waals surface area contributed by atoms with Crippen LogP contribution in [0.5, 0.6) is 0 Å². The highest BCUT2D eigenvalue weighted by molar-refractivity contribution is 5.95. The molecule has 0 unspecified atom stereocenters. The van der Waals surface area contributed by atoms with Gasteiger partial charge in [-0.05, 0) is 44.0 Å². The van der Waals surface area contributed by atoms with Crippen molar-refractivity contribution < 1.29 is 4.79 Å². The van der Waals surface area contributed by atoms with Crippen LogP contribution in [0.4, 0.5) is 5.69 Å². The number of carbonyl (C=O) groups is 1. The van der Waals surface area contributed by atoms with Crippen molar-refractivity contribution in [3.63, 3.8) is 0 Å². The summed E-state index contributed by atoms with van der Waals surface area (Å²) in [5.74, 6) is 0.222. The van der Waals surface area contributed by atoms with Crippen LogP contribution in [-0.4, -0.2) is 10.9 Å². The van der Waals surface area contributed by atoms with Gasteiger partial charge < -0.3 is 10.3 Å². The number of anilines is 1. The summed E-state index contributed by atoms with van der Waals surface area (Å²) in [7, 11) is 0. The quantitative estimate of drug-likeness (QED) is 0.843. The van der Waals surface area contributed by atoms with Crippen LogP contribution in [0.2, 0.25) is 0 Å². The molecular formula is C15H20N2O. The number of carbonyl (C=O) groups excluding carboxylic acids is 1. The molecule has 0 aliphatic heterocycles. The topological polar surface area (TPSA) is 44.9 Å². The second-order valence-corrected chi connectivity index (χ2v) is 4.76. The van der Waals surface area contributed by atoms with Crippen molar-refractivity contribution >= 4 is 22.5 Å². The van der Waals surface area contributed by atoms with E-state index in [9.17, 15) is 4.79 Å². The minimum atomic E-state index is 0.105. The largest absolute Gasteiger partial charge is 0.359 e. The van der Waals surface area contributed by atoms with Crippen LogP contribution in [0.1, 0.15) is 32.4 Å². The van der Waals surface area contributed by atoms with E-state index >= 15 is 0 Å². The van der Waals surface area contributed by atoms with E-state index in [0.29, 0.717) is 0 Å². The van der Waals surface area contributed by atoms with Crippen LogP contribution in [-0.2, 0) is 4.79 Å². The molecule has 1 amide bonds. The van der Waals surface area contributed by atoms with Crippen LogP contribution >= 0.6 is 0 Å². The Morgan fingerprint density at radius 2 is 2.00 bits per heavy atom. The number of hydrogen-bond acceptors (Lipinski definition) is 1. The van der Waals surface area contributed by atoms with E-state index in [1.807, 2.05) is 39.0 Å². The van der Waals surface area contributed by atoms with Crippen LogP contribution in [0, 0.1) is 12.8 Å². The van der Waals surface area contributed by atoms with Gasteiger partial charge in [-0.15, -0.1) is 0 Å². The zero-order valence-corrected chi connectivity index (χ0v) is 11.2. The third-order valence-corrected chi connectivity index (χ3v) is 3.38. The third kappa shape index (κ3) is 2.55. The lowest BCUT2D eigenvalue weighted by molar-refractivity contribution is -0.120. The van der Waals surface area contributed by atoms with Gasteiger partial charge in [0.25, 0.3) is 0 Å². The highest BCUT2D eigenvalue weighted by atomic mass is 16.1. The van der Waals surface area contributed by atoms with Crippen molar-refractivity contribution in [1.29, 1.82) is 0 Å². The lowest BCUT2D eigenvalue weighted by Crippen LogP contribution is -2.21. The van der Waals surface area contributed by atoms with E-state index in [2.05, 4.69) is 16.4 Å². The van der Waals surface area contributed by atoms with Gasteiger partial charge >= 0.3 is 0 Å². The van der Waals surface area contributed by atoms with E-state index in [4.69, 9.17) is 0 Å². The van der Waals surface area contributed by atoms with Crippen molar-refractivity contribution in [3.05, 3.63) is 30.0 Å². The monoisotopic (exact) mass is 244 g/mol. The van der Waals surface area contributed by atoms with E-state index < -0.39 is 0 Å². The maximum atomic E-state index is 12.0. The van der Waals surface area contributed by atoms with Crippen molar-refractivity contribution in [2.75, 3.05) is 5.32 Å². The van der Waals surface area contributed by atoms with Gasteiger partial charge in [-0.2, -0.15) is 0 Å². The fourth-order valence-corrected chi connectivity index (χ4v) is 2.26. The van der Waals surface area contributed by atoms with Crippen molar-refractivity contribution in [2.24, 2.45) is 5.92 Å². The van der Waals surface area contributed by atoms with Crippen molar-refractivity contribution in [1.82, 2.24) is 4.98 Å². The van der Waals surface area contributed by atoms with Gasteiger partial charge in [0, 0.05) is 28.2 Å². The van der Waals surface area contributed by atoms with Gasteiger partial charge in [0.05, 0.1) is 0 Å². The van der Waals surface area contributed by atoms with Crippen molar-refractivity contribution in [3.8, 4) is 0 Å². The maximum absolute atomic E-state index is 12.0. The van der Waals surface area contributed by atoms with Gasteiger partial charge in [0.2, 0.25) is 5.91 Å². The summed E-state index contributed by atoms with van der Waals surface area (Å²) in [6.07, 6.45) is 1.77. The first-order valence-electron chi connectivity index (χ1n) is 6.54. The molecule has 0 fully saturated rings. The first-order valence-corrected chi connectivity index (χ1v) is 6.54. The Bertz CT molecular complexity index is 553. The van der Waals surface area contributed by atoms with Gasteiger partial charge in [0.15, 0.2) is 0 Å². The summed E-state index contributed by atoms with van der Waals surface area (Å²) in [6, 6.07) is 8.05. The Hall–Kier alpha value is -1.77. The second kappa shape index (κ2) is 5.25. The van der Waals surface area contributed by atoms with Crippen LogP contribution in [0.15, 0.2) is 24.3 Å². The van der Waals surface area contributed by atoms with E-state index in [-0.39, 0.29) is 11.8 Å².